The molecule has 0 amide bonds. The molecular weight excluding hydrogens is 481 g/mol. The van der Waals surface area contributed by atoms with E-state index in [0.29, 0.717) is 12.0 Å². The van der Waals surface area contributed by atoms with Gasteiger partial charge in [-0.3, -0.25) is 4.99 Å². The molecule has 1 aliphatic carbocycles. The number of hydrogen-bond donors (Lipinski definition) is 2. The second kappa shape index (κ2) is 12.3. The average molecular weight is 518 g/mol. The quantitative estimate of drug-likeness (QED) is 0.324. The van der Waals surface area contributed by atoms with Gasteiger partial charge in [0.1, 0.15) is 0 Å². The molecule has 3 rings (SSSR count). The summed E-state index contributed by atoms with van der Waals surface area (Å²) in [4.78, 5) is 4.97. The van der Waals surface area contributed by atoms with Crippen LogP contribution in [0, 0.1) is 0 Å². The minimum absolute atomic E-state index is 0. The normalized spacial score (nSPS) is 24.9. The summed E-state index contributed by atoms with van der Waals surface area (Å²) in [6, 6.07) is 11.5. The highest BCUT2D eigenvalue weighted by molar-refractivity contribution is 14.0. The molecule has 28 heavy (non-hydrogen) atoms. The zero-order valence-corrected chi connectivity index (χ0v) is 20.4. The van der Waals surface area contributed by atoms with Gasteiger partial charge in [0.15, 0.2) is 5.96 Å². The zero-order chi connectivity index (χ0) is 19.0. The van der Waals surface area contributed by atoms with Crippen LogP contribution in [0.1, 0.15) is 56.9 Å². The Morgan fingerprint density at radius 2 is 1.82 bits per heavy atom. The lowest BCUT2D eigenvalue weighted by atomic mass is 9.82. The van der Waals surface area contributed by atoms with E-state index in [-0.39, 0.29) is 28.7 Å². The van der Waals surface area contributed by atoms with Crippen LogP contribution in [0.3, 0.4) is 0 Å². The molecule has 0 aromatic heterocycles. The third-order valence-corrected chi connectivity index (χ3v) is 7.45. The molecule has 1 heterocycles. The Hall–Kier alpha value is -0.470. The summed E-state index contributed by atoms with van der Waals surface area (Å²) in [5, 5.41) is 7.16. The molecule has 1 saturated carbocycles. The number of nitrogens with zero attached hydrogens (tertiary/aromatic N) is 1. The number of hydrogen-bond acceptors (Lipinski definition) is 3. The Bertz CT molecular complexity index is 585. The lowest BCUT2D eigenvalue weighted by Gasteiger charge is -2.35. The summed E-state index contributed by atoms with van der Waals surface area (Å²) >= 11 is 1.95. The molecular formula is C22H36IN3OS. The Morgan fingerprint density at radius 1 is 1.14 bits per heavy atom. The largest absolute Gasteiger partial charge is 0.381 e. The van der Waals surface area contributed by atoms with Crippen molar-refractivity contribution in [3.63, 3.8) is 0 Å². The SMILES string of the molecule is CCNC(=NCC1(SC)CCOCC1)NC1CCC(c2ccccc2)CC1.I. The first kappa shape index (κ1) is 23.8. The van der Waals surface area contributed by atoms with Gasteiger partial charge in [-0.05, 0) is 63.2 Å². The van der Waals surface area contributed by atoms with Gasteiger partial charge >= 0.3 is 0 Å². The standard InChI is InChI=1S/C22H35N3OS.HI/c1-3-23-21(24-17-22(27-2)13-15-26-16-14-22)25-20-11-9-19(10-12-20)18-7-5-4-6-8-18;/h4-8,19-20H,3,9-17H2,1-2H3,(H2,23,24,25);1H. The topological polar surface area (TPSA) is 45.7 Å². The van der Waals surface area contributed by atoms with Crippen molar-refractivity contribution in [1.82, 2.24) is 10.6 Å². The number of rotatable bonds is 6. The number of aliphatic imine (C=N–C) groups is 1. The first-order valence-electron chi connectivity index (χ1n) is 10.5. The summed E-state index contributed by atoms with van der Waals surface area (Å²) in [5.41, 5.74) is 1.50. The predicted molar refractivity (Wildman–Crippen MR) is 132 cm³/mol. The van der Waals surface area contributed by atoms with E-state index in [0.717, 1.165) is 45.1 Å². The molecule has 1 aliphatic heterocycles. The van der Waals surface area contributed by atoms with Crippen molar-refractivity contribution in [3.8, 4) is 0 Å². The van der Waals surface area contributed by atoms with Crippen LogP contribution in [0.15, 0.2) is 35.3 Å². The lowest BCUT2D eigenvalue weighted by Crippen LogP contribution is -2.46. The maximum absolute atomic E-state index is 5.56. The summed E-state index contributed by atoms with van der Waals surface area (Å²) in [6.45, 7) is 5.64. The Kier molecular flexibility index (Phi) is 10.4. The number of ether oxygens (including phenoxy) is 1. The molecule has 1 aromatic carbocycles. The van der Waals surface area contributed by atoms with Gasteiger partial charge in [-0.15, -0.1) is 24.0 Å². The lowest BCUT2D eigenvalue weighted by molar-refractivity contribution is 0.0794. The molecule has 4 nitrogen and oxygen atoms in total. The second-order valence-electron chi connectivity index (χ2n) is 7.80. The average Bonchev–Trinajstić information content (AvgIpc) is 2.74. The maximum atomic E-state index is 5.56. The highest BCUT2D eigenvalue weighted by Gasteiger charge is 2.32. The minimum atomic E-state index is 0. The molecule has 0 spiro atoms. The van der Waals surface area contributed by atoms with E-state index in [1.165, 1.54) is 31.2 Å². The van der Waals surface area contributed by atoms with Crippen LogP contribution >= 0.6 is 35.7 Å². The molecule has 0 atom stereocenters. The van der Waals surface area contributed by atoms with Gasteiger partial charge in [0.25, 0.3) is 0 Å². The molecule has 158 valence electrons. The number of guanidine groups is 1. The zero-order valence-electron chi connectivity index (χ0n) is 17.3. The van der Waals surface area contributed by atoms with E-state index < -0.39 is 0 Å². The fourth-order valence-corrected chi connectivity index (χ4v) is 4.97. The van der Waals surface area contributed by atoms with Gasteiger partial charge < -0.3 is 15.4 Å². The molecule has 0 radical (unpaired) electrons. The van der Waals surface area contributed by atoms with Crippen molar-refractivity contribution in [3.05, 3.63) is 35.9 Å². The monoisotopic (exact) mass is 517 g/mol. The van der Waals surface area contributed by atoms with Crippen molar-refractivity contribution in [2.24, 2.45) is 4.99 Å². The Balaban J connectivity index is 0.00000280. The third-order valence-electron chi connectivity index (χ3n) is 6.05. The highest BCUT2D eigenvalue weighted by Crippen LogP contribution is 2.34. The number of benzene rings is 1. The fraction of sp³-hybridized carbons (Fsp3) is 0.682. The molecule has 2 aliphatic rings. The minimum Gasteiger partial charge on any atom is -0.381 e. The second-order valence-corrected chi connectivity index (χ2v) is 9.07. The van der Waals surface area contributed by atoms with Crippen LogP contribution in [0.5, 0.6) is 0 Å². The molecule has 0 unspecified atom stereocenters. The van der Waals surface area contributed by atoms with Gasteiger partial charge in [0, 0.05) is 30.5 Å². The maximum Gasteiger partial charge on any atom is 0.191 e. The smallest absolute Gasteiger partial charge is 0.191 e. The number of nitrogens with one attached hydrogen (secondary N) is 2. The highest BCUT2D eigenvalue weighted by atomic mass is 127. The first-order valence-corrected chi connectivity index (χ1v) is 11.7. The third kappa shape index (κ3) is 6.80. The molecule has 6 heteroatoms. The fourth-order valence-electron chi connectivity index (χ4n) is 4.20. The Labute approximate surface area is 192 Å². The van der Waals surface area contributed by atoms with Gasteiger partial charge in [0.2, 0.25) is 0 Å². The van der Waals surface area contributed by atoms with Crippen molar-refractivity contribution in [2.75, 3.05) is 32.6 Å². The van der Waals surface area contributed by atoms with Gasteiger partial charge in [0.05, 0.1) is 6.54 Å². The van der Waals surface area contributed by atoms with E-state index in [2.05, 4.69) is 54.1 Å². The number of thioether (sulfide) groups is 1. The summed E-state index contributed by atoms with van der Waals surface area (Å²) in [6.07, 6.45) is 9.35. The molecule has 0 bridgehead atoms. The van der Waals surface area contributed by atoms with Crippen LogP contribution < -0.4 is 10.6 Å². The van der Waals surface area contributed by atoms with Crippen LogP contribution in [0.4, 0.5) is 0 Å². The van der Waals surface area contributed by atoms with Crippen LogP contribution in [0.25, 0.3) is 0 Å². The van der Waals surface area contributed by atoms with Crippen LogP contribution in [-0.4, -0.2) is 49.3 Å². The molecule has 1 saturated heterocycles. The van der Waals surface area contributed by atoms with Gasteiger partial charge in [-0.1, -0.05) is 30.3 Å². The molecule has 1 aromatic rings. The number of halogens is 1. The first-order chi connectivity index (χ1) is 13.2. The van der Waals surface area contributed by atoms with Crippen molar-refractivity contribution < 1.29 is 4.74 Å². The molecule has 2 fully saturated rings. The Morgan fingerprint density at radius 3 is 2.43 bits per heavy atom. The predicted octanol–water partition coefficient (Wildman–Crippen LogP) is 4.80. The van der Waals surface area contributed by atoms with E-state index in [1.54, 1.807) is 0 Å². The van der Waals surface area contributed by atoms with E-state index in [4.69, 9.17) is 9.73 Å². The van der Waals surface area contributed by atoms with Gasteiger partial charge in [-0.2, -0.15) is 11.8 Å². The van der Waals surface area contributed by atoms with E-state index >= 15 is 0 Å². The van der Waals surface area contributed by atoms with E-state index in [1.807, 2.05) is 11.8 Å². The van der Waals surface area contributed by atoms with E-state index in [9.17, 15) is 0 Å². The van der Waals surface area contributed by atoms with Crippen molar-refractivity contribution in [1.29, 1.82) is 0 Å². The summed E-state index contributed by atoms with van der Waals surface area (Å²) in [5.74, 6) is 1.70. The van der Waals surface area contributed by atoms with Crippen molar-refractivity contribution in [2.45, 2.75) is 62.2 Å². The van der Waals surface area contributed by atoms with Crippen molar-refractivity contribution >= 4 is 41.7 Å². The summed E-state index contributed by atoms with van der Waals surface area (Å²) < 4.78 is 5.80. The summed E-state index contributed by atoms with van der Waals surface area (Å²) in [7, 11) is 0. The van der Waals surface area contributed by atoms with Crippen LogP contribution in [0.2, 0.25) is 0 Å². The van der Waals surface area contributed by atoms with Gasteiger partial charge in [-0.25, -0.2) is 0 Å². The molecule has 2 N–H and O–H groups in total. The van der Waals surface area contributed by atoms with Crippen LogP contribution in [-0.2, 0) is 4.74 Å².